The summed E-state index contributed by atoms with van der Waals surface area (Å²) in [4.78, 5) is 12.3. The van der Waals surface area contributed by atoms with Crippen molar-refractivity contribution in [3.05, 3.63) is 20.3 Å². The van der Waals surface area contributed by atoms with Crippen LogP contribution < -0.4 is 5.32 Å². The predicted octanol–water partition coefficient (Wildman–Crippen LogP) is 3.73. The van der Waals surface area contributed by atoms with E-state index >= 15 is 0 Å². The minimum Gasteiger partial charge on any atom is -0.394 e. The van der Waals surface area contributed by atoms with Gasteiger partial charge in [-0.2, -0.15) is 0 Å². The number of thiophene rings is 1. The van der Waals surface area contributed by atoms with Gasteiger partial charge in [-0.15, -0.1) is 11.3 Å². The number of aliphatic hydroxyl groups excluding tert-OH is 1. The maximum atomic E-state index is 12.3. The molecule has 1 heterocycles. The van der Waals surface area contributed by atoms with E-state index in [9.17, 15) is 9.90 Å². The Hall–Kier alpha value is -0.290. The number of rotatable bonds is 3. The van der Waals surface area contributed by atoms with Gasteiger partial charge in [0.05, 0.1) is 22.0 Å². The molecule has 1 fully saturated rings. The van der Waals surface area contributed by atoms with Gasteiger partial charge < -0.3 is 10.4 Å². The van der Waals surface area contributed by atoms with Crippen molar-refractivity contribution in [1.29, 1.82) is 0 Å². The molecule has 2 atom stereocenters. The second kappa shape index (κ2) is 6.00. The maximum absolute atomic E-state index is 12.3. The molecule has 1 aliphatic carbocycles. The van der Waals surface area contributed by atoms with Gasteiger partial charge in [-0.05, 0) is 24.8 Å². The summed E-state index contributed by atoms with van der Waals surface area (Å²) in [7, 11) is 0. The van der Waals surface area contributed by atoms with Crippen molar-refractivity contribution in [2.45, 2.75) is 38.1 Å². The number of hydrogen-bond donors (Lipinski definition) is 2. The van der Waals surface area contributed by atoms with Crippen LogP contribution in [0.25, 0.3) is 0 Å². The highest BCUT2D eigenvalue weighted by Gasteiger charge is 2.36. The van der Waals surface area contributed by atoms with Crippen LogP contribution in [0.4, 0.5) is 0 Å². The molecule has 106 valence electrons. The second-order valence-electron chi connectivity index (χ2n) is 5.33. The Morgan fingerprint density at radius 1 is 1.63 bits per heavy atom. The lowest BCUT2D eigenvalue weighted by Crippen LogP contribution is -2.53. The molecule has 1 aromatic heterocycles. The van der Waals surface area contributed by atoms with Crippen molar-refractivity contribution < 1.29 is 9.90 Å². The summed E-state index contributed by atoms with van der Waals surface area (Å²) in [6.45, 7) is 2.10. The van der Waals surface area contributed by atoms with Gasteiger partial charge in [-0.1, -0.05) is 43.0 Å². The highest BCUT2D eigenvalue weighted by atomic mass is 35.5. The predicted molar refractivity (Wildman–Crippen MR) is 79.3 cm³/mol. The van der Waals surface area contributed by atoms with Gasteiger partial charge in [0, 0.05) is 0 Å². The average molecular weight is 322 g/mol. The number of carbonyl (C=O) groups excluding carboxylic acids is 1. The lowest BCUT2D eigenvalue weighted by atomic mass is 9.76. The first-order valence-corrected chi connectivity index (χ1v) is 7.91. The zero-order valence-electron chi connectivity index (χ0n) is 10.7. The van der Waals surface area contributed by atoms with E-state index in [0.29, 0.717) is 20.2 Å². The van der Waals surface area contributed by atoms with Gasteiger partial charge in [-0.25, -0.2) is 0 Å². The fraction of sp³-hybridized carbons (Fsp3) is 0.615. The van der Waals surface area contributed by atoms with Gasteiger partial charge in [0.1, 0.15) is 4.34 Å². The molecule has 2 unspecified atom stereocenters. The summed E-state index contributed by atoms with van der Waals surface area (Å²) >= 11 is 13.0. The standard InChI is InChI=1S/C13H17Cl2NO2S/c1-8-3-2-4-13(6-8,7-17)16-12(18)9-5-10(14)19-11(9)15/h5,8,17H,2-4,6-7H2,1H3,(H,16,18). The number of amides is 1. The molecule has 0 aromatic carbocycles. The van der Waals surface area contributed by atoms with E-state index in [0.717, 1.165) is 25.7 Å². The molecule has 1 aliphatic rings. The molecule has 3 nitrogen and oxygen atoms in total. The zero-order valence-corrected chi connectivity index (χ0v) is 13.0. The largest absolute Gasteiger partial charge is 0.394 e. The molecule has 0 aliphatic heterocycles. The van der Waals surface area contributed by atoms with Crippen LogP contribution >= 0.6 is 34.5 Å². The SMILES string of the molecule is CC1CCCC(CO)(NC(=O)c2cc(Cl)sc2Cl)C1. The van der Waals surface area contributed by atoms with E-state index in [1.807, 2.05) is 0 Å². The molecule has 1 saturated carbocycles. The zero-order chi connectivity index (χ0) is 14.0. The maximum Gasteiger partial charge on any atom is 0.254 e. The number of aliphatic hydroxyl groups is 1. The van der Waals surface area contributed by atoms with Crippen LogP contribution in [-0.2, 0) is 0 Å². The Kier molecular flexibility index (Phi) is 4.77. The molecule has 0 saturated heterocycles. The first kappa shape index (κ1) is 15.1. The molecular formula is C13H17Cl2NO2S. The summed E-state index contributed by atoms with van der Waals surface area (Å²) in [6.07, 6.45) is 3.75. The fourth-order valence-electron chi connectivity index (χ4n) is 2.76. The third-order valence-corrected chi connectivity index (χ3v) is 5.16. The van der Waals surface area contributed by atoms with Gasteiger partial charge in [-0.3, -0.25) is 4.79 Å². The van der Waals surface area contributed by atoms with E-state index < -0.39 is 5.54 Å². The molecule has 6 heteroatoms. The highest BCUT2D eigenvalue weighted by Crippen LogP contribution is 2.34. The molecule has 2 rings (SSSR count). The summed E-state index contributed by atoms with van der Waals surface area (Å²) in [5, 5.41) is 12.6. The smallest absolute Gasteiger partial charge is 0.254 e. The van der Waals surface area contributed by atoms with E-state index in [1.54, 1.807) is 6.07 Å². The second-order valence-corrected chi connectivity index (χ2v) is 7.62. The molecular weight excluding hydrogens is 305 g/mol. The van der Waals surface area contributed by atoms with Gasteiger partial charge in [0.2, 0.25) is 0 Å². The monoisotopic (exact) mass is 321 g/mol. The summed E-state index contributed by atoms with van der Waals surface area (Å²) < 4.78 is 0.879. The number of nitrogens with one attached hydrogen (secondary N) is 1. The van der Waals surface area contributed by atoms with Crippen molar-refractivity contribution in [2.75, 3.05) is 6.61 Å². The van der Waals surface area contributed by atoms with E-state index in [4.69, 9.17) is 23.2 Å². The molecule has 0 spiro atoms. The van der Waals surface area contributed by atoms with Crippen molar-refractivity contribution in [1.82, 2.24) is 5.32 Å². The lowest BCUT2D eigenvalue weighted by Gasteiger charge is -2.39. The Balaban J connectivity index is 2.14. The van der Waals surface area contributed by atoms with Crippen LogP contribution in [-0.4, -0.2) is 23.2 Å². The number of carbonyl (C=O) groups is 1. The topological polar surface area (TPSA) is 49.3 Å². The highest BCUT2D eigenvalue weighted by molar-refractivity contribution is 7.20. The molecule has 0 radical (unpaired) electrons. The Bertz CT molecular complexity index is 477. The third-order valence-electron chi connectivity index (χ3n) is 3.67. The van der Waals surface area contributed by atoms with Crippen molar-refractivity contribution >= 4 is 40.4 Å². The van der Waals surface area contributed by atoms with Gasteiger partial charge >= 0.3 is 0 Å². The summed E-state index contributed by atoms with van der Waals surface area (Å²) in [6, 6.07) is 1.57. The molecule has 19 heavy (non-hydrogen) atoms. The normalized spacial score (nSPS) is 27.3. The van der Waals surface area contributed by atoms with Gasteiger partial charge in [0.25, 0.3) is 5.91 Å². The van der Waals surface area contributed by atoms with Crippen molar-refractivity contribution in [3.63, 3.8) is 0 Å². The summed E-state index contributed by atoms with van der Waals surface area (Å²) in [5.74, 6) is 0.249. The Labute approximate surface area is 126 Å². The third kappa shape index (κ3) is 3.43. The van der Waals surface area contributed by atoms with Crippen LogP contribution in [0.2, 0.25) is 8.67 Å². The Morgan fingerprint density at radius 2 is 2.37 bits per heavy atom. The lowest BCUT2D eigenvalue weighted by molar-refractivity contribution is 0.0697. The van der Waals surface area contributed by atoms with Gasteiger partial charge in [0.15, 0.2) is 0 Å². The van der Waals surface area contributed by atoms with Crippen LogP contribution in [0.3, 0.4) is 0 Å². The van der Waals surface area contributed by atoms with Crippen LogP contribution in [0.1, 0.15) is 43.0 Å². The molecule has 0 bridgehead atoms. The molecule has 1 amide bonds. The van der Waals surface area contributed by atoms with Crippen LogP contribution in [0.15, 0.2) is 6.07 Å². The Morgan fingerprint density at radius 3 is 2.89 bits per heavy atom. The fourth-order valence-corrected chi connectivity index (χ4v) is 4.22. The van der Waals surface area contributed by atoms with Crippen LogP contribution in [0.5, 0.6) is 0 Å². The summed E-state index contributed by atoms with van der Waals surface area (Å²) in [5.41, 5.74) is -0.130. The number of hydrogen-bond acceptors (Lipinski definition) is 3. The van der Waals surface area contributed by atoms with Crippen molar-refractivity contribution in [3.8, 4) is 0 Å². The van der Waals surface area contributed by atoms with E-state index in [2.05, 4.69) is 12.2 Å². The first-order chi connectivity index (χ1) is 8.96. The average Bonchev–Trinajstić information content (AvgIpc) is 2.68. The first-order valence-electron chi connectivity index (χ1n) is 6.34. The van der Waals surface area contributed by atoms with E-state index in [-0.39, 0.29) is 12.5 Å². The van der Waals surface area contributed by atoms with Crippen molar-refractivity contribution in [2.24, 2.45) is 5.92 Å². The number of halogens is 2. The minimum atomic E-state index is -0.521. The molecule has 2 N–H and O–H groups in total. The quantitative estimate of drug-likeness (QED) is 0.891. The van der Waals surface area contributed by atoms with E-state index in [1.165, 1.54) is 11.3 Å². The van der Waals surface area contributed by atoms with Crippen LogP contribution in [0, 0.1) is 5.92 Å². The minimum absolute atomic E-state index is 0.0431. The molecule has 1 aromatic rings.